The molecule has 5 heteroatoms. The second-order valence-corrected chi connectivity index (χ2v) is 4.90. The van der Waals surface area contributed by atoms with Gasteiger partial charge in [-0.25, -0.2) is 0 Å². The van der Waals surface area contributed by atoms with Crippen LogP contribution < -0.4 is 5.73 Å². The molecule has 2 unspecified atom stereocenters. The number of carbonyl (C=O) groups excluding carboxylic acids is 1. The maximum absolute atomic E-state index is 11.0. The summed E-state index contributed by atoms with van der Waals surface area (Å²) in [5, 5.41) is 0. The Morgan fingerprint density at radius 1 is 1.75 bits per heavy atom. The Bertz CT molecular complexity index is 422. The zero-order chi connectivity index (χ0) is 11.7. The van der Waals surface area contributed by atoms with Gasteiger partial charge in [-0.1, -0.05) is 0 Å². The zero-order valence-corrected chi connectivity index (χ0v) is 10.5. The van der Waals surface area contributed by atoms with E-state index in [2.05, 4.69) is 20.9 Å². The Hall–Kier alpha value is -0.940. The summed E-state index contributed by atoms with van der Waals surface area (Å²) in [7, 11) is 1.64. The minimum Gasteiger partial charge on any atom is -0.380 e. The van der Waals surface area contributed by atoms with Crippen LogP contribution in [0.15, 0.2) is 16.7 Å². The maximum atomic E-state index is 11.0. The molecular formula is C11H13BrN2O2. The zero-order valence-electron chi connectivity index (χ0n) is 8.94. The molecule has 1 saturated carbocycles. The highest BCUT2D eigenvalue weighted by Crippen LogP contribution is 2.47. The number of aromatic nitrogens is 1. The van der Waals surface area contributed by atoms with Crippen molar-refractivity contribution in [3.8, 4) is 0 Å². The number of ether oxygens (including phenoxy) is 1. The van der Waals surface area contributed by atoms with E-state index in [1.54, 1.807) is 13.3 Å². The molecular weight excluding hydrogens is 272 g/mol. The Kier molecular flexibility index (Phi) is 3.25. The SMILES string of the molecule is COCc1cc(Br)cnc1C1CC1C(N)=O. The van der Waals surface area contributed by atoms with E-state index < -0.39 is 0 Å². The van der Waals surface area contributed by atoms with Crippen LogP contribution in [-0.2, 0) is 16.1 Å². The highest BCUT2D eigenvalue weighted by atomic mass is 79.9. The van der Waals surface area contributed by atoms with Gasteiger partial charge in [0.15, 0.2) is 0 Å². The second-order valence-electron chi connectivity index (χ2n) is 3.98. The average molecular weight is 285 g/mol. The Labute approximate surface area is 102 Å². The molecule has 1 fully saturated rings. The molecule has 2 rings (SSSR count). The first-order valence-corrected chi connectivity index (χ1v) is 5.85. The van der Waals surface area contributed by atoms with Crippen LogP contribution in [0.4, 0.5) is 0 Å². The van der Waals surface area contributed by atoms with Crippen molar-refractivity contribution in [1.29, 1.82) is 0 Å². The molecule has 0 spiro atoms. The molecule has 0 radical (unpaired) electrons. The second kappa shape index (κ2) is 4.51. The first kappa shape index (κ1) is 11.5. The molecule has 0 saturated heterocycles. The minimum atomic E-state index is -0.238. The third-order valence-electron chi connectivity index (χ3n) is 2.78. The van der Waals surface area contributed by atoms with Gasteiger partial charge in [-0.15, -0.1) is 0 Å². The number of nitrogens with two attached hydrogens (primary N) is 1. The van der Waals surface area contributed by atoms with Gasteiger partial charge in [-0.2, -0.15) is 0 Å². The predicted octanol–water partition coefficient (Wildman–Crippen LogP) is 1.58. The number of methoxy groups -OCH3 is 1. The molecule has 86 valence electrons. The molecule has 0 aliphatic heterocycles. The summed E-state index contributed by atoms with van der Waals surface area (Å²) in [5.74, 6) is -0.113. The van der Waals surface area contributed by atoms with Crippen molar-refractivity contribution >= 4 is 21.8 Å². The Morgan fingerprint density at radius 3 is 3.06 bits per heavy atom. The molecule has 1 aliphatic rings. The summed E-state index contributed by atoms with van der Waals surface area (Å²) in [5.41, 5.74) is 7.23. The normalized spacial score (nSPS) is 23.1. The number of primary amides is 1. The van der Waals surface area contributed by atoms with E-state index in [0.29, 0.717) is 6.61 Å². The third-order valence-corrected chi connectivity index (χ3v) is 3.21. The predicted molar refractivity (Wildman–Crippen MR) is 62.7 cm³/mol. The topological polar surface area (TPSA) is 65.2 Å². The van der Waals surface area contributed by atoms with Gasteiger partial charge < -0.3 is 10.5 Å². The van der Waals surface area contributed by atoms with Crippen LogP contribution in [0.1, 0.15) is 23.6 Å². The largest absolute Gasteiger partial charge is 0.380 e. The monoisotopic (exact) mass is 284 g/mol. The van der Waals surface area contributed by atoms with Gasteiger partial charge in [0.05, 0.1) is 6.61 Å². The van der Waals surface area contributed by atoms with E-state index in [1.807, 2.05) is 6.07 Å². The van der Waals surface area contributed by atoms with E-state index >= 15 is 0 Å². The van der Waals surface area contributed by atoms with Gasteiger partial charge in [0, 0.05) is 40.9 Å². The van der Waals surface area contributed by atoms with Gasteiger partial charge in [0.1, 0.15) is 0 Å². The molecule has 2 N–H and O–H groups in total. The van der Waals surface area contributed by atoms with Gasteiger partial charge >= 0.3 is 0 Å². The molecule has 1 heterocycles. The number of rotatable bonds is 4. The number of nitrogens with zero attached hydrogens (tertiary/aromatic N) is 1. The lowest BCUT2D eigenvalue weighted by Gasteiger charge is -2.07. The number of carbonyl (C=O) groups is 1. The van der Waals surface area contributed by atoms with Crippen molar-refractivity contribution in [3.05, 3.63) is 28.0 Å². The van der Waals surface area contributed by atoms with Crippen LogP contribution >= 0.6 is 15.9 Å². The fourth-order valence-electron chi connectivity index (χ4n) is 1.91. The van der Waals surface area contributed by atoms with Crippen LogP contribution in [0, 0.1) is 5.92 Å². The number of pyridine rings is 1. The van der Waals surface area contributed by atoms with Crippen molar-refractivity contribution in [1.82, 2.24) is 4.98 Å². The van der Waals surface area contributed by atoms with Crippen LogP contribution in [0.3, 0.4) is 0 Å². The summed E-state index contributed by atoms with van der Waals surface area (Å²) < 4.78 is 6.04. The van der Waals surface area contributed by atoms with Crippen LogP contribution in [0.5, 0.6) is 0 Å². The molecule has 16 heavy (non-hydrogen) atoms. The smallest absolute Gasteiger partial charge is 0.221 e. The van der Waals surface area contributed by atoms with Crippen molar-refractivity contribution in [2.24, 2.45) is 11.7 Å². The van der Waals surface area contributed by atoms with Gasteiger partial charge in [0.25, 0.3) is 0 Å². The lowest BCUT2D eigenvalue weighted by molar-refractivity contribution is -0.119. The molecule has 1 aromatic rings. The Morgan fingerprint density at radius 2 is 2.50 bits per heavy atom. The van der Waals surface area contributed by atoms with Crippen molar-refractivity contribution in [2.75, 3.05) is 7.11 Å². The lowest BCUT2D eigenvalue weighted by atomic mass is 10.1. The van der Waals surface area contributed by atoms with Crippen molar-refractivity contribution in [3.63, 3.8) is 0 Å². The molecule has 0 bridgehead atoms. The fraction of sp³-hybridized carbons (Fsp3) is 0.455. The maximum Gasteiger partial charge on any atom is 0.221 e. The highest BCUT2D eigenvalue weighted by molar-refractivity contribution is 9.10. The van der Waals surface area contributed by atoms with Crippen LogP contribution in [-0.4, -0.2) is 18.0 Å². The molecule has 0 aromatic carbocycles. The van der Waals surface area contributed by atoms with Gasteiger partial charge in [-0.3, -0.25) is 9.78 Å². The van der Waals surface area contributed by atoms with Gasteiger partial charge in [-0.05, 0) is 28.4 Å². The first-order chi connectivity index (χ1) is 7.63. The number of amides is 1. The molecule has 2 atom stereocenters. The van der Waals surface area contributed by atoms with E-state index in [0.717, 1.165) is 22.2 Å². The van der Waals surface area contributed by atoms with E-state index in [1.165, 1.54) is 0 Å². The molecule has 4 nitrogen and oxygen atoms in total. The number of hydrogen-bond donors (Lipinski definition) is 1. The summed E-state index contributed by atoms with van der Waals surface area (Å²) >= 11 is 3.37. The van der Waals surface area contributed by atoms with Crippen LogP contribution in [0.25, 0.3) is 0 Å². The summed E-state index contributed by atoms with van der Waals surface area (Å²) in [6.07, 6.45) is 2.55. The minimum absolute atomic E-state index is 0.0516. The molecule has 1 aromatic heterocycles. The third kappa shape index (κ3) is 2.25. The quantitative estimate of drug-likeness (QED) is 0.913. The van der Waals surface area contributed by atoms with Gasteiger partial charge in [0.2, 0.25) is 5.91 Å². The summed E-state index contributed by atoms with van der Waals surface area (Å²) in [6, 6.07) is 1.97. The van der Waals surface area contributed by atoms with E-state index in [-0.39, 0.29) is 17.7 Å². The van der Waals surface area contributed by atoms with Crippen molar-refractivity contribution < 1.29 is 9.53 Å². The van der Waals surface area contributed by atoms with Crippen LogP contribution in [0.2, 0.25) is 0 Å². The summed E-state index contributed by atoms with van der Waals surface area (Å²) in [6.45, 7) is 0.504. The standard InChI is InChI=1S/C11H13BrN2O2/c1-16-5-6-2-7(12)4-14-10(6)8-3-9(8)11(13)15/h2,4,8-9H,3,5H2,1H3,(H2,13,15). The molecule has 1 amide bonds. The number of halogens is 1. The fourth-order valence-corrected chi connectivity index (χ4v) is 2.29. The van der Waals surface area contributed by atoms with E-state index in [9.17, 15) is 4.79 Å². The number of hydrogen-bond acceptors (Lipinski definition) is 3. The highest BCUT2D eigenvalue weighted by Gasteiger charge is 2.44. The average Bonchev–Trinajstić information content (AvgIpc) is 2.98. The lowest BCUT2D eigenvalue weighted by Crippen LogP contribution is -2.14. The first-order valence-electron chi connectivity index (χ1n) is 5.06. The van der Waals surface area contributed by atoms with Crippen molar-refractivity contribution in [2.45, 2.75) is 18.9 Å². The summed E-state index contributed by atoms with van der Waals surface area (Å²) in [4.78, 5) is 15.4. The molecule has 1 aliphatic carbocycles. The Balaban J connectivity index is 2.24. The van der Waals surface area contributed by atoms with E-state index in [4.69, 9.17) is 10.5 Å².